The highest BCUT2D eigenvalue weighted by Crippen LogP contribution is 2.15. The van der Waals surface area contributed by atoms with Crippen molar-refractivity contribution in [2.75, 3.05) is 0 Å². The molecule has 0 amide bonds. The first kappa shape index (κ1) is 10.1. The molecule has 0 aliphatic rings. The molecule has 0 spiro atoms. The maximum atomic E-state index is 10.1. The number of carbonyl (C=O) groups excluding carboxylic acids is 1. The molecular formula is C8H13IO. The molecule has 0 unspecified atom stereocenters. The minimum absolute atomic E-state index is 0.475. The van der Waals surface area contributed by atoms with Gasteiger partial charge in [0.25, 0.3) is 0 Å². The fraction of sp³-hybridized carbons (Fsp3) is 0.625. The van der Waals surface area contributed by atoms with E-state index in [4.69, 9.17) is 0 Å². The molecule has 0 radical (unpaired) electrons. The third kappa shape index (κ3) is 4.04. The molecule has 0 N–H and O–H groups in total. The van der Waals surface area contributed by atoms with E-state index in [9.17, 15) is 4.79 Å². The van der Waals surface area contributed by atoms with E-state index < -0.39 is 0 Å². The topological polar surface area (TPSA) is 17.1 Å². The smallest absolute Gasteiger partial charge is 0.120 e. The molecule has 1 nitrogen and oxygen atoms in total. The van der Waals surface area contributed by atoms with Crippen LogP contribution >= 0.6 is 22.6 Å². The predicted molar refractivity (Wildman–Crippen MR) is 52.2 cm³/mol. The fourth-order valence-electron chi connectivity index (χ4n) is 0.671. The van der Waals surface area contributed by atoms with Crippen LogP contribution in [-0.2, 0) is 4.79 Å². The van der Waals surface area contributed by atoms with Crippen molar-refractivity contribution in [2.45, 2.75) is 20.3 Å². The van der Waals surface area contributed by atoms with Crippen LogP contribution in [0.2, 0.25) is 0 Å². The van der Waals surface area contributed by atoms with E-state index in [0.717, 1.165) is 6.29 Å². The van der Waals surface area contributed by atoms with Gasteiger partial charge in [0.05, 0.1) is 0 Å². The van der Waals surface area contributed by atoms with Crippen molar-refractivity contribution < 1.29 is 4.79 Å². The number of hydrogen-bond donors (Lipinski definition) is 0. The molecule has 10 heavy (non-hydrogen) atoms. The predicted octanol–water partition coefficient (Wildman–Crippen LogP) is 2.80. The normalized spacial score (nSPS) is 17.1. The number of aldehydes is 1. The maximum absolute atomic E-state index is 10.1. The van der Waals surface area contributed by atoms with Gasteiger partial charge in [-0.3, -0.25) is 0 Å². The minimum Gasteiger partial charge on any atom is -0.303 e. The van der Waals surface area contributed by atoms with Crippen LogP contribution in [0.1, 0.15) is 20.3 Å². The number of halogens is 1. The number of rotatable bonds is 4. The van der Waals surface area contributed by atoms with E-state index in [-0.39, 0.29) is 0 Å². The van der Waals surface area contributed by atoms with Gasteiger partial charge in [-0.2, -0.15) is 0 Å². The van der Waals surface area contributed by atoms with E-state index in [0.29, 0.717) is 18.3 Å². The Hall–Kier alpha value is 0.140. The Labute approximate surface area is 76.0 Å². The van der Waals surface area contributed by atoms with Crippen LogP contribution in [-0.4, -0.2) is 6.29 Å². The van der Waals surface area contributed by atoms with E-state index in [1.54, 1.807) is 0 Å². The van der Waals surface area contributed by atoms with Gasteiger partial charge >= 0.3 is 0 Å². The van der Waals surface area contributed by atoms with E-state index in [1.807, 2.05) is 4.08 Å². The molecule has 0 bridgehead atoms. The zero-order chi connectivity index (χ0) is 7.98. The highest BCUT2D eigenvalue weighted by Gasteiger charge is 2.06. The van der Waals surface area contributed by atoms with E-state index in [2.05, 4.69) is 42.5 Å². The summed E-state index contributed by atoms with van der Waals surface area (Å²) in [4.78, 5) is 10.1. The number of carbonyl (C=O) groups is 1. The van der Waals surface area contributed by atoms with E-state index in [1.165, 1.54) is 0 Å². The van der Waals surface area contributed by atoms with Gasteiger partial charge in [0.1, 0.15) is 6.29 Å². The first-order chi connectivity index (χ1) is 4.72. The third-order valence-corrected chi connectivity index (χ3v) is 2.16. The van der Waals surface area contributed by atoms with Crippen molar-refractivity contribution in [3.8, 4) is 0 Å². The van der Waals surface area contributed by atoms with Gasteiger partial charge in [-0.05, 0) is 15.9 Å². The van der Waals surface area contributed by atoms with Gasteiger partial charge in [-0.1, -0.05) is 42.5 Å². The van der Waals surface area contributed by atoms with Crippen molar-refractivity contribution >= 4 is 28.9 Å². The summed E-state index contributed by atoms with van der Waals surface area (Å²) in [6.07, 6.45) is 3.78. The standard InChI is InChI=1S/C8H13IO/c1-7(3-5-9)8(2)4-6-10/h3,5-8H,4H2,1-2H3/b5-3-/t7-,8-/m0/s1. The van der Waals surface area contributed by atoms with Crippen LogP contribution in [0.3, 0.4) is 0 Å². The Morgan fingerprint density at radius 1 is 1.50 bits per heavy atom. The summed E-state index contributed by atoms with van der Waals surface area (Å²) in [6.45, 7) is 4.22. The van der Waals surface area contributed by atoms with Crippen LogP contribution in [0, 0.1) is 11.8 Å². The molecule has 0 aliphatic heterocycles. The average Bonchev–Trinajstić information content (AvgIpc) is 1.89. The highest BCUT2D eigenvalue weighted by molar-refractivity contribution is 14.1. The van der Waals surface area contributed by atoms with Crippen LogP contribution in [0.5, 0.6) is 0 Å². The second kappa shape index (κ2) is 5.89. The molecule has 0 fully saturated rings. The van der Waals surface area contributed by atoms with Crippen LogP contribution in [0.25, 0.3) is 0 Å². The molecule has 0 aromatic heterocycles. The van der Waals surface area contributed by atoms with Crippen molar-refractivity contribution in [3.63, 3.8) is 0 Å². The van der Waals surface area contributed by atoms with Gasteiger partial charge < -0.3 is 4.79 Å². The molecule has 2 heteroatoms. The van der Waals surface area contributed by atoms with E-state index >= 15 is 0 Å². The second-order valence-corrected chi connectivity index (χ2v) is 3.28. The Morgan fingerprint density at radius 2 is 2.10 bits per heavy atom. The molecule has 0 aromatic rings. The maximum Gasteiger partial charge on any atom is 0.120 e. The SMILES string of the molecule is C[C@@H](/C=C\I)[C@@H](C)CC=O. The Kier molecular flexibility index (Phi) is 5.97. The number of allylic oxidation sites excluding steroid dienone is 1. The molecule has 0 rings (SSSR count). The molecule has 58 valence electrons. The molecular weight excluding hydrogens is 239 g/mol. The average molecular weight is 252 g/mol. The van der Waals surface area contributed by atoms with Gasteiger partial charge in [0.15, 0.2) is 0 Å². The quantitative estimate of drug-likeness (QED) is 0.555. The minimum atomic E-state index is 0.475. The molecule has 0 saturated heterocycles. The van der Waals surface area contributed by atoms with Gasteiger partial charge in [0, 0.05) is 6.42 Å². The van der Waals surface area contributed by atoms with Gasteiger partial charge in [-0.25, -0.2) is 0 Å². The first-order valence-electron chi connectivity index (χ1n) is 3.43. The monoisotopic (exact) mass is 252 g/mol. The number of hydrogen-bond acceptors (Lipinski definition) is 1. The Balaban J connectivity index is 3.68. The van der Waals surface area contributed by atoms with Gasteiger partial charge in [-0.15, -0.1) is 0 Å². The summed E-state index contributed by atoms with van der Waals surface area (Å²) in [5, 5.41) is 0. The summed E-state index contributed by atoms with van der Waals surface area (Å²) < 4.78 is 2.00. The summed E-state index contributed by atoms with van der Waals surface area (Å²) in [6, 6.07) is 0. The summed E-state index contributed by atoms with van der Waals surface area (Å²) in [7, 11) is 0. The third-order valence-electron chi connectivity index (χ3n) is 1.74. The van der Waals surface area contributed by atoms with Crippen LogP contribution < -0.4 is 0 Å². The first-order valence-corrected chi connectivity index (χ1v) is 4.67. The molecule has 0 saturated carbocycles. The Morgan fingerprint density at radius 3 is 2.50 bits per heavy atom. The van der Waals surface area contributed by atoms with Crippen molar-refractivity contribution in [3.05, 3.63) is 10.2 Å². The molecule has 0 aliphatic carbocycles. The molecule has 2 atom stereocenters. The lowest BCUT2D eigenvalue weighted by Gasteiger charge is -2.11. The zero-order valence-electron chi connectivity index (χ0n) is 6.38. The fourth-order valence-corrected chi connectivity index (χ4v) is 1.33. The summed E-state index contributed by atoms with van der Waals surface area (Å²) in [5.74, 6) is 0.991. The molecule has 0 aromatic carbocycles. The van der Waals surface area contributed by atoms with Crippen LogP contribution in [0.4, 0.5) is 0 Å². The molecule has 0 heterocycles. The second-order valence-electron chi connectivity index (χ2n) is 2.56. The zero-order valence-corrected chi connectivity index (χ0v) is 8.54. The highest BCUT2D eigenvalue weighted by atomic mass is 127. The lowest BCUT2D eigenvalue weighted by atomic mass is 9.94. The van der Waals surface area contributed by atoms with Crippen molar-refractivity contribution in [2.24, 2.45) is 11.8 Å². The summed E-state index contributed by atoms with van der Waals surface area (Å²) in [5.41, 5.74) is 0. The lowest BCUT2D eigenvalue weighted by molar-refractivity contribution is -0.108. The Bertz CT molecular complexity index is 120. The lowest BCUT2D eigenvalue weighted by Crippen LogP contribution is -2.04. The van der Waals surface area contributed by atoms with Crippen molar-refractivity contribution in [1.82, 2.24) is 0 Å². The van der Waals surface area contributed by atoms with Gasteiger partial charge in [0.2, 0.25) is 0 Å². The van der Waals surface area contributed by atoms with Crippen molar-refractivity contribution in [1.29, 1.82) is 0 Å². The summed E-state index contributed by atoms with van der Waals surface area (Å²) >= 11 is 2.20. The van der Waals surface area contributed by atoms with Crippen LogP contribution in [0.15, 0.2) is 10.2 Å². The largest absolute Gasteiger partial charge is 0.303 e.